The van der Waals surface area contributed by atoms with Crippen molar-refractivity contribution in [2.45, 2.75) is 19.4 Å². The molecule has 0 bridgehead atoms. The van der Waals surface area contributed by atoms with E-state index in [0.717, 1.165) is 35.3 Å². The van der Waals surface area contributed by atoms with Crippen LogP contribution < -0.4 is 10.6 Å². The van der Waals surface area contributed by atoms with Crippen LogP contribution in [0.3, 0.4) is 0 Å². The highest BCUT2D eigenvalue weighted by Crippen LogP contribution is 2.29. The molecule has 1 fully saturated rings. The number of ether oxygens (including phenoxy) is 1. The number of nitrogens with one attached hydrogen (secondary N) is 2. The molecule has 4 nitrogen and oxygen atoms in total. The Morgan fingerprint density at radius 2 is 2.32 bits per heavy atom. The molecule has 1 aromatic heterocycles. The van der Waals surface area contributed by atoms with Gasteiger partial charge < -0.3 is 15.4 Å². The zero-order valence-corrected chi connectivity index (χ0v) is 13.4. The molecule has 0 spiro atoms. The van der Waals surface area contributed by atoms with Gasteiger partial charge in [-0.2, -0.15) is 0 Å². The third-order valence-corrected chi connectivity index (χ3v) is 5.21. The monoisotopic (exact) mass is 346 g/mol. The molecule has 2 heterocycles. The molecular formula is C13H19BrN2O2S. The van der Waals surface area contributed by atoms with Crippen LogP contribution in [0.15, 0.2) is 15.9 Å². The highest BCUT2D eigenvalue weighted by Gasteiger charge is 2.39. The topological polar surface area (TPSA) is 50.4 Å². The van der Waals surface area contributed by atoms with Crippen molar-refractivity contribution in [3.8, 4) is 0 Å². The lowest BCUT2D eigenvalue weighted by atomic mass is 9.78. The van der Waals surface area contributed by atoms with E-state index in [1.807, 2.05) is 11.4 Å². The maximum Gasteiger partial charge on any atom is 0.228 e. The Labute approximate surface area is 126 Å². The summed E-state index contributed by atoms with van der Waals surface area (Å²) in [5, 5.41) is 8.37. The number of carbonyl (C=O) groups is 1. The second-order valence-corrected chi connectivity index (χ2v) is 6.79. The molecule has 0 saturated carbocycles. The quantitative estimate of drug-likeness (QED) is 0.858. The number of hydrogen-bond donors (Lipinski definition) is 2. The van der Waals surface area contributed by atoms with Crippen LogP contribution in [-0.2, 0) is 16.1 Å². The number of carbonyl (C=O) groups excluding carboxylic acids is 1. The standard InChI is InChI=1S/C13H19BrN2O2S/c1-18-9-13(2-4-15-5-3-13)12(17)16-7-11-6-10(14)8-19-11/h6,8,15H,2-5,7,9H2,1H3,(H,16,17). The van der Waals surface area contributed by atoms with Crippen molar-refractivity contribution in [1.82, 2.24) is 10.6 Å². The summed E-state index contributed by atoms with van der Waals surface area (Å²) in [6.07, 6.45) is 1.67. The van der Waals surface area contributed by atoms with Crippen LogP contribution in [0, 0.1) is 5.41 Å². The van der Waals surface area contributed by atoms with E-state index in [1.54, 1.807) is 18.4 Å². The predicted molar refractivity (Wildman–Crippen MR) is 80.3 cm³/mol. The van der Waals surface area contributed by atoms with Crippen LogP contribution in [0.1, 0.15) is 17.7 Å². The summed E-state index contributed by atoms with van der Waals surface area (Å²) < 4.78 is 6.33. The fourth-order valence-corrected chi connectivity index (χ4v) is 3.81. The zero-order valence-electron chi connectivity index (χ0n) is 11.0. The number of methoxy groups -OCH3 is 1. The average Bonchev–Trinajstić information content (AvgIpc) is 2.83. The van der Waals surface area contributed by atoms with E-state index < -0.39 is 0 Å². The maximum atomic E-state index is 12.5. The van der Waals surface area contributed by atoms with Gasteiger partial charge in [-0.1, -0.05) is 0 Å². The number of halogens is 1. The zero-order chi connectivity index (χ0) is 13.7. The highest BCUT2D eigenvalue weighted by molar-refractivity contribution is 9.10. The number of amides is 1. The first-order valence-corrected chi connectivity index (χ1v) is 8.04. The fraction of sp³-hybridized carbons (Fsp3) is 0.615. The summed E-state index contributed by atoms with van der Waals surface area (Å²) >= 11 is 5.07. The first-order valence-electron chi connectivity index (χ1n) is 6.37. The van der Waals surface area contributed by atoms with E-state index in [-0.39, 0.29) is 11.3 Å². The van der Waals surface area contributed by atoms with E-state index in [2.05, 4.69) is 26.6 Å². The minimum absolute atomic E-state index is 0.111. The lowest BCUT2D eigenvalue weighted by Crippen LogP contribution is -2.49. The fourth-order valence-electron chi connectivity index (χ4n) is 2.42. The van der Waals surface area contributed by atoms with Gasteiger partial charge in [0.25, 0.3) is 0 Å². The molecule has 6 heteroatoms. The summed E-state index contributed by atoms with van der Waals surface area (Å²) in [5.41, 5.74) is -0.367. The molecule has 1 aromatic rings. The predicted octanol–water partition coefficient (Wildman–Crippen LogP) is 2.14. The van der Waals surface area contributed by atoms with Crippen molar-refractivity contribution in [1.29, 1.82) is 0 Å². The van der Waals surface area contributed by atoms with E-state index in [0.29, 0.717) is 13.2 Å². The van der Waals surface area contributed by atoms with Crippen molar-refractivity contribution >= 4 is 33.2 Å². The van der Waals surface area contributed by atoms with Gasteiger partial charge in [0.05, 0.1) is 18.6 Å². The molecular weight excluding hydrogens is 328 g/mol. The molecule has 0 aliphatic carbocycles. The summed E-state index contributed by atoms with van der Waals surface area (Å²) in [4.78, 5) is 13.6. The average molecular weight is 347 g/mol. The molecule has 0 unspecified atom stereocenters. The normalized spacial score (nSPS) is 18.2. The van der Waals surface area contributed by atoms with Crippen LogP contribution in [-0.4, -0.2) is 32.7 Å². The Kier molecular flexibility index (Phi) is 5.38. The minimum Gasteiger partial charge on any atom is -0.384 e. The Hall–Kier alpha value is -0.430. The smallest absolute Gasteiger partial charge is 0.228 e. The van der Waals surface area contributed by atoms with Gasteiger partial charge in [0.15, 0.2) is 0 Å². The SMILES string of the molecule is COCC1(C(=O)NCc2cc(Br)cs2)CCNCC1. The van der Waals surface area contributed by atoms with Gasteiger partial charge >= 0.3 is 0 Å². The number of piperidine rings is 1. The molecule has 19 heavy (non-hydrogen) atoms. The molecule has 1 aliphatic heterocycles. The Balaban J connectivity index is 1.95. The van der Waals surface area contributed by atoms with Crippen molar-refractivity contribution in [3.63, 3.8) is 0 Å². The van der Waals surface area contributed by atoms with Crippen molar-refractivity contribution in [2.75, 3.05) is 26.8 Å². The number of rotatable bonds is 5. The van der Waals surface area contributed by atoms with Crippen molar-refractivity contribution in [3.05, 3.63) is 20.8 Å². The van der Waals surface area contributed by atoms with Gasteiger partial charge in [0.2, 0.25) is 5.91 Å². The summed E-state index contributed by atoms with van der Waals surface area (Å²) in [7, 11) is 1.66. The highest BCUT2D eigenvalue weighted by atomic mass is 79.9. The number of hydrogen-bond acceptors (Lipinski definition) is 4. The minimum atomic E-state index is -0.367. The third-order valence-electron chi connectivity index (χ3n) is 3.51. The molecule has 2 rings (SSSR count). The second-order valence-electron chi connectivity index (χ2n) is 4.88. The summed E-state index contributed by atoms with van der Waals surface area (Å²) in [6, 6.07) is 2.04. The third kappa shape index (κ3) is 3.78. The van der Waals surface area contributed by atoms with Crippen LogP contribution in [0.5, 0.6) is 0 Å². The van der Waals surface area contributed by atoms with E-state index >= 15 is 0 Å². The largest absolute Gasteiger partial charge is 0.384 e. The lowest BCUT2D eigenvalue weighted by molar-refractivity contribution is -0.136. The molecule has 1 aliphatic rings. The molecule has 1 amide bonds. The van der Waals surface area contributed by atoms with Gasteiger partial charge in [-0.05, 0) is 47.9 Å². The lowest BCUT2D eigenvalue weighted by Gasteiger charge is -2.35. The van der Waals surface area contributed by atoms with E-state index in [9.17, 15) is 4.79 Å². The Bertz CT molecular complexity index is 425. The molecule has 0 atom stereocenters. The van der Waals surface area contributed by atoms with E-state index in [4.69, 9.17) is 4.74 Å². The second kappa shape index (κ2) is 6.83. The van der Waals surface area contributed by atoms with Gasteiger partial charge in [-0.25, -0.2) is 0 Å². The molecule has 1 saturated heterocycles. The van der Waals surface area contributed by atoms with Crippen LogP contribution >= 0.6 is 27.3 Å². The van der Waals surface area contributed by atoms with Crippen LogP contribution in [0.4, 0.5) is 0 Å². The van der Waals surface area contributed by atoms with E-state index in [1.165, 1.54) is 0 Å². The van der Waals surface area contributed by atoms with Gasteiger partial charge in [0.1, 0.15) is 0 Å². The summed E-state index contributed by atoms with van der Waals surface area (Å²) in [6.45, 7) is 2.84. The molecule has 0 aromatic carbocycles. The Morgan fingerprint density at radius 3 is 2.89 bits per heavy atom. The number of thiophene rings is 1. The van der Waals surface area contributed by atoms with Crippen LogP contribution in [0.25, 0.3) is 0 Å². The molecule has 0 radical (unpaired) electrons. The molecule has 2 N–H and O–H groups in total. The Morgan fingerprint density at radius 1 is 1.58 bits per heavy atom. The first-order chi connectivity index (χ1) is 9.16. The van der Waals surface area contributed by atoms with Gasteiger partial charge in [-0.15, -0.1) is 11.3 Å². The van der Waals surface area contributed by atoms with Gasteiger partial charge in [-0.3, -0.25) is 4.79 Å². The van der Waals surface area contributed by atoms with Crippen molar-refractivity contribution in [2.24, 2.45) is 5.41 Å². The summed E-state index contributed by atoms with van der Waals surface area (Å²) in [5.74, 6) is 0.111. The van der Waals surface area contributed by atoms with Crippen molar-refractivity contribution < 1.29 is 9.53 Å². The van der Waals surface area contributed by atoms with Crippen LogP contribution in [0.2, 0.25) is 0 Å². The molecule has 106 valence electrons. The maximum absolute atomic E-state index is 12.5. The first kappa shape index (κ1) is 15.0. The van der Waals surface area contributed by atoms with Gasteiger partial charge in [0, 0.05) is 21.8 Å².